The molecule has 0 spiro atoms. The number of benzene rings is 1. The van der Waals surface area contributed by atoms with E-state index in [1.54, 1.807) is 25.1 Å². The highest BCUT2D eigenvalue weighted by molar-refractivity contribution is 7.89. The zero-order valence-electron chi connectivity index (χ0n) is 14.1. The van der Waals surface area contributed by atoms with Crippen LogP contribution in [0.1, 0.15) is 26.2 Å². The molecule has 0 radical (unpaired) electrons. The minimum absolute atomic E-state index is 0.160. The van der Waals surface area contributed by atoms with E-state index in [4.69, 9.17) is 10.00 Å². The van der Waals surface area contributed by atoms with Gasteiger partial charge in [0.1, 0.15) is 6.07 Å². The number of sulfonamides is 1. The van der Waals surface area contributed by atoms with Crippen molar-refractivity contribution in [1.82, 2.24) is 4.31 Å². The monoisotopic (exact) mass is 363 g/mol. The van der Waals surface area contributed by atoms with Gasteiger partial charge in [-0.2, -0.15) is 9.57 Å². The van der Waals surface area contributed by atoms with Crippen molar-refractivity contribution in [3.63, 3.8) is 0 Å². The molecule has 0 amide bonds. The number of anilines is 1. The summed E-state index contributed by atoms with van der Waals surface area (Å²) in [5, 5.41) is 11.8. The molecule has 0 bridgehead atoms. The van der Waals surface area contributed by atoms with Gasteiger partial charge in [-0.25, -0.2) is 13.2 Å². The molecule has 7 nitrogen and oxygen atoms in total. The van der Waals surface area contributed by atoms with Crippen LogP contribution in [-0.2, 0) is 19.6 Å². The van der Waals surface area contributed by atoms with Crippen LogP contribution in [0.15, 0.2) is 40.9 Å². The molecule has 1 aromatic carbocycles. The molecular weight excluding hydrogens is 342 g/mol. The summed E-state index contributed by atoms with van der Waals surface area (Å²) in [6, 6.07) is 7.96. The highest BCUT2D eigenvalue weighted by atomic mass is 32.2. The van der Waals surface area contributed by atoms with Crippen molar-refractivity contribution in [2.45, 2.75) is 31.1 Å². The lowest BCUT2D eigenvalue weighted by molar-refractivity contribution is -0.138. The number of esters is 1. The Morgan fingerprint density at radius 3 is 2.48 bits per heavy atom. The van der Waals surface area contributed by atoms with E-state index in [2.05, 4.69) is 5.32 Å². The third-order valence-corrected chi connectivity index (χ3v) is 5.72. The molecule has 134 valence electrons. The highest BCUT2D eigenvalue weighted by Gasteiger charge is 2.25. The molecule has 1 heterocycles. The maximum absolute atomic E-state index is 12.6. The van der Waals surface area contributed by atoms with Crippen LogP contribution in [0.25, 0.3) is 0 Å². The minimum Gasteiger partial charge on any atom is -0.462 e. The maximum atomic E-state index is 12.6. The van der Waals surface area contributed by atoms with Crippen LogP contribution in [-0.4, -0.2) is 38.4 Å². The van der Waals surface area contributed by atoms with Crippen molar-refractivity contribution in [3.05, 3.63) is 36.0 Å². The van der Waals surface area contributed by atoms with Crippen LogP contribution >= 0.6 is 0 Å². The molecule has 0 saturated carbocycles. The van der Waals surface area contributed by atoms with Crippen molar-refractivity contribution < 1.29 is 17.9 Å². The molecule has 1 saturated heterocycles. The summed E-state index contributed by atoms with van der Waals surface area (Å²) >= 11 is 0. The molecule has 25 heavy (non-hydrogen) atoms. The van der Waals surface area contributed by atoms with Crippen molar-refractivity contribution in [1.29, 1.82) is 5.26 Å². The van der Waals surface area contributed by atoms with Crippen LogP contribution in [0.4, 0.5) is 5.69 Å². The van der Waals surface area contributed by atoms with E-state index in [9.17, 15) is 13.2 Å². The first-order chi connectivity index (χ1) is 12.0. The number of piperidine rings is 1. The van der Waals surface area contributed by atoms with E-state index in [0.29, 0.717) is 18.8 Å². The van der Waals surface area contributed by atoms with Gasteiger partial charge in [-0.15, -0.1) is 0 Å². The van der Waals surface area contributed by atoms with E-state index in [-0.39, 0.29) is 17.1 Å². The standard InChI is InChI=1S/C17H21N3O4S/c1-2-24-17(21)14(12-18)13-19-15-6-8-16(9-7-15)25(22,23)20-10-4-3-5-11-20/h6-9,13,19H,2-5,10-11H2,1H3/b14-13+. The van der Waals surface area contributed by atoms with Gasteiger partial charge in [-0.1, -0.05) is 6.42 Å². The number of ether oxygens (including phenoxy) is 1. The lowest BCUT2D eigenvalue weighted by Crippen LogP contribution is -2.35. The zero-order chi connectivity index (χ0) is 18.3. The Balaban J connectivity index is 2.09. The van der Waals surface area contributed by atoms with Crippen molar-refractivity contribution >= 4 is 21.7 Å². The Morgan fingerprint density at radius 1 is 1.28 bits per heavy atom. The predicted molar refractivity (Wildman–Crippen MR) is 93.0 cm³/mol. The number of carbonyl (C=O) groups excluding carboxylic acids is 1. The summed E-state index contributed by atoms with van der Waals surface area (Å²) in [5.74, 6) is -0.707. The van der Waals surface area contributed by atoms with Crippen molar-refractivity contribution in [3.8, 4) is 6.07 Å². The molecular formula is C17H21N3O4S. The van der Waals surface area contributed by atoms with E-state index in [0.717, 1.165) is 19.3 Å². The fourth-order valence-electron chi connectivity index (χ4n) is 2.48. The third kappa shape index (κ3) is 4.81. The van der Waals surface area contributed by atoms with E-state index in [1.165, 1.54) is 22.6 Å². The van der Waals surface area contributed by atoms with E-state index < -0.39 is 16.0 Å². The molecule has 1 fully saturated rings. The Kier molecular flexibility index (Phi) is 6.56. The largest absolute Gasteiger partial charge is 0.462 e. The van der Waals surface area contributed by atoms with Gasteiger partial charge in [0.2, 0.25) is 10.0 Å². The second kappa shape index (κ2) is 8.65. The van der Waals surface area contributed by atoms with Crippen LogP contribution in [0.5, 0.6) is 0 Å². The Morgan fingerprint density at radius 2 is 1.92 bits per heavy atom. The molecule has 1 N–H and O–H groups in total. The Hall–Kier alpha value is -2.37. The molecule has 1 aliphatic rings. The fraction of sp³-hybridized carbons (Fsp3) is 0.412. The first-order valence-electron chi connectivity index (χ1n) is 8.13. The minimum atomic E-state index is -3.47. The average Bonchev–Trinajstić information content (AvgIpc) is 2.63. The second-order valence-electron chi connectivity index (χ2n) is 5.52. The predicted octanol–water partition coefficient (Wildman–Crippen LogP) is 2.24. The summed E-state index contributed by atoms with van der Waals surface area (Å²) in [6.45, 7) is 2.94. The molecule has 2 rings (SSSR count). The molecule has 8 heteroatoms. The van der Waals surface area contributed by atoms with E-state index >= 15 is 0 Å². The summed E-state index contributed by atoms with van der Waals surface area (Å²) in [4.78, 5) is 11.7. The van der Waals surface area contributed by atoms with Gasteiger partial charge in [0.05, 0.1) is 11.5 Å². The number of hydrogen-bond donors (Lipinski definition) is 1. The number of nitriles is 1. The normalized spacial score (nSPS) is 16.1. The molecule has 0 aliphatic carbocycles. The molecule has 0 unspecified atom stereocenters. The summed E-state index contributed by atoms with van der Waals surface area (Å²) < 4.78 is 31.4. The van der Waals surface area contributed by atoms with Gasteiger partial charge >= 0.3 is 5.97 Å². The number of rotatable bonds is 6. The van der Waals surface area contributed by atoms with Gasteiger partial charge in [-0.05, 0) is 44.0 Å². The molecule has 1 aliphatic heterocycles. The summed E-state index contributed by atoms with van der Waals surface area (Å²) in [6.07, 6.45) is 4.07. The summed E-state index contributed by atoms with van der Waals surface area (Å²) in [5.41, 5.74) is 0.404. The lowest BCUT2D eigenvalue weighted by Gasteiger charge is -2.25. The first-order valence-corrected chi connectivity index (χ1v) is 9.57. The molecule has 1 aromatic rings. The quantitative estimate of drug-likeness (QED) is 0.473. The van der Waals surface area contributed by atoms with Crippen LogP contribution in [0.2, 0.25) is 0 Å². The van der Waals surface area contributed by atoms with Gasteiger partial charge in [0, 0.05) is 25.0 Å². The van der Waals surface area contributed by atoms with Crippen LogP contribution in [0, 0.1) is 11.3 Å². The number of hydrogen-bond acceptors (Lipinski definition) is 6. The van der Waals surface area contributed by atoms with Gasteiger partial charge in [0.15, 0.2) is 5.57 Å². The van der Waals surface area contributed by atoms with Gasteiger partial charge in [0.25, 0.3) is 0 Å². The number of carbonyl (C=O) groups is 1. The lowest BCUT2D eigenvalue weighted by atomic mass is 10.2. The number of nitrogens with one attached hydrogen (secondary N) is 1. The maximum Gasteiger partial charge on any atom is 0.350 e. The number of nitrogens with zero attached hydrogens (tertiary/aromatic N) is 2. The second-order valence-corrected chi connectivity index (χ2v) is 7.46. The molecule has 0 aromatic heterocycles. The topological polar surface area (TPSA) is 99.5 Å². The van der Waals surface area contributed by atoms with Crippen LogP contribution < -0.4 is 5.32 Å². The van der Waals surface area contributed by atoms with Crippen molar-refractivity contribution in [2.75, 3.05) is 25.0 Å². The zero-order valence-corrected chi connectivity index (χ0v) is 14.9. The Labute approximate surface area is 147 Å². The fourth-order valence-corrected chi connectivity index (χ4v) is 4.00. The smallest absolute Gasteiger partial charge is 0.350 e. The summed E-state index contributed by atoms with van der Waals surface area (Å²) in [7, 11) is -3.47. The first kappa shape index (κ1) is 19.0. The third-order valence-electron chi connectivity index (χ3n) is 3.81. The van der Waals surface area contributed by atoms with Crippen LogP contribution in [0.3, 0.4) is 0 Å². The average molecular weight is 363 g/mol. The Bertz CT molecular complexity index is 773. The van der Waals surface area contributed by atoms with E-state index in [1.807, 2.05) is 0 Å². The van der Waals surface area contributed by atoms with Gasteiger partial charge < -0.3 is 10.1 Å². The van der Waals surface area contributed by atoms with Gasteiger partial charge in [-0.3, -0.25) is 0 Å². The highest BCUT2D eigenvalue weighted by Crippen LogP contribution is 2.22. The SMILES string of the molecule is CCOC(=O)/C(C#N)=C/Nc1ccc(S(=O)(=O)N2CCCCC2)cc1. The van der Waals surface area contributed by atoms with Crippen molar-refractivity contribution in [2.24, 2.45) is 0 Å². The molecule has 0 atom stereocenters.